The number of nitro benzene ring substituents is 1. The minimum absolute atomic E-state index is 0.147. The van der Waals surface area contributed by atoms with Crippen molar-refractivity contribution < 1.29 is 18.8 Å². The van der Waals surface area contributed by atoms with Gasteiger partial charge in [-0.25, -0.2) is 4.39 Å². The minimum Gasteiger partial charge on any atom is -0.381 e. The molecular weight excluding hydrogens is 291 g/mol. The smallest absolute Gasteiger partial charge is 0.285 e. The van der Waals surface area contributed by atoms with Gasteiger partial charge in [0.1, 0.15) is 11.4 Å². The zero-order valence-corrected chi connectivity index (χ0v) is 12.7. The Morgan fingerprint density at radius 2 is 2.27 bits per heavy atom. The van der Waals surface area contributed by atoms with E-state index in [4.69, 9.17) is 4.74 Å². The Balaban J connectivity index is 2.31. The van der Waals surface area contributed by atoms with Crippen molar-refractivity contribution in [1.82, 2.24) is 4.90 Å². The van der Waals surface area contributed by atoms with Gasteiger partial charge in [-0.1, -0.05) is 0 Å². The summed E-state index contributed by atoms with van der Waals surface area (Å²) in [5.41, 5.74) is -0.371. The van der Waals surface area contributed by atoms with Crippen LogP contribution in [0.1, 0.15) is 29.3 Å². The lowest BCUT2D eigenvalue weighted by Crippen LogP contribution is -2.36. The molecule has 0 aromatic heterocycles. The first-order valence-corrected chi connectivity index (χ1v) is 7.25. The summed E-state index contributed by atoms with van der Waals surface area (Å²) in [6, 6.07) is 2.01. The van der Waals surface area contributed by atoms with Crippen LogP contribution in [0.15, 0.2) is 12.1 Å². The molecule has 1 aromatic carbocycles. The summed E-state index contributed by atoms with van der Waals surface area (Å²) >= 11 is 0. The summed E-state index contributed by atoms with van der Waals surface area (Å²) in [4.78, 5) is 24.7. The average Bonchev–Trinajstić information content (AvgIpc) is 2.95. The standard InChI is InChI=1S/C15H19FN2O4/c1-3-17(8-11-4-5-22-9-11)15(19)13-7-12(16)6-10(2)14(13)18(20)21/h6-7,11H,3-5,8-9H2,1-2H3/t11-/m1/s1. The summed E-state index contributed by atoms with van der Waals surface area (Å²) < 4.78 is 18.9. The Morgan fingerprint density at radius 1 is 1.55 bits per heavy atom. The number of hydrogen-bond donors (Lipinski definition) is 0. The van der Waals surface area contributed by atoms with E-state index in [-0.39, 0.29) is 22.7 Å². The van der Waals surface area contributed by atoms with E-state index in [0.29, 0.717) is 26.3 Å². The van der Waals surface area contributed by atoms with Gasteiger partial charge in [0, 0.05) is 31.2 Å². The zero-order valence-electron chi connectivity index (χ0n) is 12.7. The highest BCUT2D eigenvalue weighted by Crippen LogP contribution is 2.26. The van der Waals surface area contributed by atoms with E-state index in [1.165, 1.54) is 11.8 Å². The monoisotopic (exact) mass is 310 g/mol. The summed E-state index contributed by atoms with van der Waals surface area (Å²) in [7, 11) is 0. The highest BCUT2D eigenvalue weighted by Gasteiger charge is 2.29. The molecule has 6 nitrogen and oxygen atoms in total. The van der Waals surface area contributed by atoms with Gasteiger partial charge in [0.15, 0.2) is 0 Å². The topological polar surface area (TPSA) is 72.7 Å². The van der Waals surface area contributed by atoms with Crippen molar-refractivity contribution >= 4 is 11.6 Å². The lowest BCUT2D eigenvalue weighted by atomic mass is 10.0. The first-order chi connectivity index (χ1) is 10.4. The third-order valence-electron chi connectivity index (χ3n) is 3.85. The van der Waals surface area contributed by atoms with E-state index in [1.807, 2.05) is 0 Å². The number of nitro groups is 1. The third kappa shape index (κ3) is 3.41. The van der Waals surface area contributed by atoms with E-state index in [0.717, 1.165) is 18.6 Å². The number of rotatable bonds is 5. The SMILES string of the molecule is CCN(C[C@H]1CCOC1)C(=O)c1cc(F)cc(C)c1[N+](=O)[O-]. The first-order valence-electron chi connectivity index (χ1n) is 7.25. The van der Waals surface area contributed by atoms with E-state index in [9.17, 15) is 19.3 Å². The number of halogens is 1. The number of hydrogen-bond acceptors (Lipinski definition) is 4. The zero-order chi connectivity index (χ0) is 16.3. The normalized spacial score (nSPS) is 17.5. The Bertz CT molecular complexity index is 585. The van der Waals surface area contributed by atoms with Crippen molar-refractivity contribution in [3.8, 4) is 0 Å². The lowest BCUT2D eigenvalue weighted by Gasteiger charge is -2.24. The molecular formula is C15H19FN2O4. The third-order valence-corrected chi connectivity index (χ3v) is 3.85. The fraction of sp³-hybridized carbons (Fsp3) is 0.533. The quantitative estimate of drug-likeness (QED) is 0.619. The second-order valence-corrected chi connectivity index (χ2v) is 5.45. The van der Waals surface area contributed by atoms with Crippen LogP contribution in [0.4, 0.5) is 10.1 Å². The van der Waals surface area contributed by atoms with Crippen LogP contribution in [-0.4, -0.2) is 42.0 Å². The van der Waals surface area contributed by atoms with Gasteiger partial charge >= 0.3 is 0 Å². The summed E-state index contributed by atoms with van der Waals surface area (Å²) in [5.74, 6) is -0.937. The molecule has 22 heavy (non-hydrogen) atoms. The fourth-order valence-corrected chi connectivity index (χ4v) is 2.71. The molecule has 1 saturated heterocycles. The van der Waals surface area contributed by atoms with E-state index >= 15 is 0 Å². The predicted molar refractivity (Wildman–Crippen MR) is 78.3 cm³/mol. The molecule has 0 radical (unpaired) electrons. The summed E-state index contributed by atoms with van der Waals surface area (Å²) in [6.45, 7) is 5.33. The van der Waals surface area contributed by atoms with Gasteiger partial charge in [-0.15, -0.1) is 0 Å². The second-order valence-electron chi connectivity index (χ2n) is 5.45. The molecule has 1 aromatic rings. The molecule has 0 aliphatic carbocycles. The molecule has 0 bridgehead atoms. The van der Waals surface area contributed by atoms with Crippen molar-refractivity contribution in [2.75, 3.05) is 26.3 Å². The number of amides is 1. The van der Waals surface area contributed by atoms with Gasteiger partial charge in [-0.2, -0.15) is 0 Å². The van der Waals surface area contributed by atoms with Gasteiger partial charge in [0.05, 0.1) is 11.5 Å². The Hall–Kier alpha value is -2.02. The molecule has 120 valence electrons. The molecule has 2 rings (SSSR count). The van der Waals surface area contributed by atoms with E-state index in [2.05, 4.69) is 0 Å². The van der Waals surface area contributed by atoms with Gasteiger partial charge in [-0.05, 0) is 32.4 Å². The predicted octanol–water partition coefficient (Wildman–Crippen LogP) is 2.54. The molecule has 1 heterocycles. The molecule has 1 aliphatic heterocycles. The molecule has 1 aliphatic rings. The Kier molecular flexibility index (Phi) is 5.07. The van der Waals surface area contributed by atoms with Gasteiger partial charge in [0.25, 0.3) is 11.6 Å². The number of carbonyl (C=O) groups is 1. The van der Waals surface area contributed by atoms with E-state index in [1.54, 1.807) is 6.92 Å². The molecule has 1 atom stereocenters. The highest BCUT2D eigenvalue weighted by atomic mass is 19.1. The Labute approximate surface area is 128 Å². The lowest BCUT2D eigenvalue weighted by molar-refractivity contribution is -0.385. The number of benzene rings is 1. The first kappa shape index (κ1) is 16.4. The summed E-state index contributed by atoms with van der Waals surface area (Å²) in [6.07, 6.45) is 0.855. The summed E-state index contributed by atoms with van der Waals surface area (Å²) in [5, 5.41) is 11.2. The maximum Gasteiger partial charge on any atom is 0.285 e. The minimum atomic E-state index is -0.647. The van der Waals surface area contributed by atoms with Crippen LogP contribution < -0.4 is 0 Å². The van der Waals surface area contributed by atoms with Gasteiger partial charge in [-0.3, -0.25) is 14.9 Å². The number of nitrogens with zero attached hydrogens (tertiary/aromatic N) is 2. The molecule has 7 heteroatoms. The van der Waals surface area contributed by atoms with Crippen LogP contribution in [-0.2, 0) is 4.74 Å². The van der Waals surface area contributed by atoms with Crippen LogP contribution >= 0.6 is 0 Å². The van der Waals surface area contributed by atoms with Crippen molar-refractivity contribution in [3.63, 3.8) is 0 Å². The number of aryl methyl sites for hydroxylation is 1. The van der Waals surface area contributed by atoms with E-state index < -0.39 is 16.6 Å². The molecule has 1 fully saturated rings. The largest absolute Gasteiger partial charge is 0.381 e. The second kappa shape index (κ2) is 6.83. The van der Waals surface area contributed by atoms with Crippen LogP contribution in [0.3, 0.4) is 0 Å². The Morgan fingerprint density at radius 3 is 2.82 bits per heavy atom. The number of carbonyl (C=O) groups excluding carboxylic acids is 1. The van der Waals surface area contributed by atoms with Crippen molar-refractivity contribution in [2.45, 2.75) is 20.3 Å². The van der Waals surface area contributed by atoms with Gasteiger partial charge in [0.2, 0.25) is 0 Å². The van der Waals surface area contributed by atoms with Crippen molar-refractivity contribution in [3.05, 3.63) is 39.2 Å². The fourth-order valence-electron chi connectivity index (χ4n) is 2.71. The molecule has 0 spiro atoms. The molecule has 0 unspecified atom stereocenters. The molecule has 0 N–H and O–H groups in total. The highest BCUT2D eigenvalue weighted by molar-refractivity contribution is 5.98. The van der Waals surface area contributed by atoms with Crippen LogP contribution in [0, 0.1) is 28.8 Å². The van der Waals surface area contributed by atoms with Crippen molar-refractivity contribution in [2.24, 2.45) is 5.92 Å². The molecule has 1 amide bonds. The van der Waals surface area contributed by atoms with Crippen LogP contribution in [0.25, 0.3) is 0 Å². The van der Waals surface area contributed by atoms with Crippen molar-refractivity contribution in [1.29, 1.82) is 0 Å². The maximum atomic E-state index is 13.6. The van der Waals surface area contributed by atoms with Crippen LogP contribution in [0.2, 0.25) is 0 Å². The molecule has 0 saturated carbocycles. The number of ether oxygens (including phenoxy) is 1. The van der Waals surface area contributed by atoms with Crippen LogP contribution in [0.5, 0.6) is 0 Å². The van der Waals surface area contributed by atoms with Gasteiger partial charge < -0.3 is 9.64 Å². The maximum absolute atomic E-state index is 13.6. The average molecular weight is 310 g/mol.